The summed E-state index contributed by atoms with van der Waals surface area (Å²) in [5.74, 6) is 0.917. The minimum absolute atomic E-state index is 0.224. The summed E-state index contributed by atoms with van der Waals surface area (Å²) in [4.78, 5) is 24.4. The van der Waals surface area contributed by atoms with Gasteiger partial charge in [-0.1, -0.05) is 64.5 Å². The lowest BCUT2D eigenvalue weighted by Gasteiger charge is -2.29. The summed E-state index contributed by atoms with van der Waals surface area (Å²) in [5, 5.41) is 0. The number of carbonyl (C=O) groups is 2. The van der Waals surface area contributed by atoms with Crippen LogP contribution in [0.1, 0.15) is 127 Å². The number of ether oxygens (including phenoxy) is 2. The zero-order chi connectivity index (χ0) is 23.3. The fourth-order valence-corrected chi connectivity index (χ4v) is 4.57. The lowest BCUT2D eigenvalue weighted by atomic mass is 9.77. The van der Waals surface area contributed by atoms with Crippen LogP contribution in [0.15, 0.2) is 24.3 Å². The molecule has 1 aliphatic carbocycles. The molecule has 2 unspecified atom stereocenters. The van der Waals surface area contributed by atoms with Crippen LogP contribution in [0.2, 0.25) is 0 Å². The van der Waals surface area contributed by atoms with Crippen LogP contribution in [-0.4, -0.2) is 24.1 Å². The van der Waals surface area contributed by atoms with E-state index in [0.29, 0.717) is 17.9 Å². The molecule has 0 spiro atoms. The van der Waals surface area contributed by atoms with Crippen LogP contribution in [0.4, 0.5) is 0 Å². The van der Waals surface area contributed by atoms with Crippen molar-refractivity contribution in [2.75, 3.05) is 0 Å². The van der Waals surface area contributed by atoms with E-state index in [4.69, 9.17) is 9.47 Å². The van der Waals surface area contributed by atoms with E-state index in [1.54, 1.807) is 13.8 Å². The Bertz CT molecular complexity index is 673. The molecule has 2 atom stereocenters. The molecule has 0 saturated heterocycles. The Morgan fingerprint density at radius 1 is 0.844 bits per heavy atom. The first-order valence-corrected chi connectivity index (χ1v) is 12.9. The number of benzene rings is 1. The molecule has 0 heterocycles. The van der Waals surface area contributed by atoms with Crippen LogP contribution in [0.3, 0.4) is 0 Å². The molecule has 0 aromatic heterocycles. The van der Waals surface area contributed by atoms with Gasteiger partial charge in [-0.3, -0.25) is 4.79 Å². The van der Waals surface area contributed by atoms with Crippen molar-refractivity contribution >= 4 is 11.9 Å². The van der Waals surface area contributed by atoms with Crippen molar-refractivity contribution < 1.29 is 19.1 Å². The zero-order valence-electron chi connectivity index (χ0n) is 20.7. The molecule has 0 radical (unpaired) electrons. The smallest absolute Gasteiger partial charge is 0.338 e. The molecule has 0 amide bonds. The minimum atomic E-state index is -0.486. The predicted molar refractivity (Wildman–Crippen MR) is 130 cm³/mol. The number of hydrogen-bond acceptors (Lipinski definition) is 4. The Morgan fingerprint density at radius 3 is 2.06 bits per heavy atom. The van der Waals surface area contributed by atoms with E-state index in [-0.39, 0.29) is 11.9 Å². The average Bonchev–Trinajstić information content (AvgIpc) is 2.80. The quantitative estimate of drug-likeness (QED) is 0.232. The summed E-state index contributed by atoms with van der Waals surface area (Å²) in [6.07, 6.45) is 13.0. The van der Waals surface area contributed by atoms with E-state index in [2.05, 4.69) is 26.0 Å². The fourth-order valence-electron chi connectivity index (χ4n) is 4.57. The van der Waals surface area contributed by atoms with Crippen molar-refractivity contribution in [3.63, 3.8) is 0 Å². The number of esters is 2. The first-order chi connectivity index (χ1) is 15.4. The summed E-state index contributed by atoms with van der Waals surface area (Å²) in [6, 6.07) is 7.92. The largest absolute Gasteiger partial charge is 0.459 e. The Morgan fingerprint density at radius 2 is 1.44 bits per heavy atom. The second kappa shape index (κ2) is 14.3. The molecule has 0 N–H and O–H groups in total. The molecule has 0 aliphatic heterocycles. The molecule has 32 heavy (non-hydrogen) atoms. The average molecular weight is 445 g/mol. The topological polar surface area (TPSA) is 52.6 Å². The van der Waals surface area contributed by atoms with E-state index in [0.717, 1.165) is 25.2 Å². The van der Waals surface area contributed by atoms with Gasteiger partial charge in [0.25, 0.3) is 0 Å². The predicted octanol–water partition coefficient (Wildman–Crippen LogP) is 7.60. The van der Waals surface area contributed by atoms with Crippen LogP contribution in [-0.2, 0) is 14.3 Å². The second-order valence-electron chi connectivity index (χ2n) is 9.60. The number of hydrogen-bond donors (Lipinski definition) is 0. The Hall–Kier alpha value is -1.84. The summed E-state index contributed by atoms with van der Waals surface area (Å²) < 4.78 is 11.0. The summed E-state index contributed by atoms with van der Waals surface area (Å²) in [7, 11) is 0. The van der Waals surface area contributed by atoms with Crippen molar-refractivity contribution in [2.24, 2.45) is 5.92 Å². The maximum atomic E-state index is 12.5. The first kappa shape index (κ1) is 26.4. The Balaban J connectivity index is 1.77. The van der Waals surface area contributed by atoms with Gasteiger partial charge in [-0.25, -0.2) is 4.79 Å². The van der Waals surface area contributed by atoms with Gasteiger partial charge in [-0.15, -0.1) is 0 Å². The van der Waals surface area contributed by atoms with Gasteiger partial charge in [-0.05, 0) is 75.5 Å². The number of unbranched alkanes of at least 4 members (excludes halogenated alkanes) is 4. The third kappa shape index (κ3) is 8.96. The maximum Gasteiger partial charge on any atom is 0.338 e. The highest BCUT2D eigenvalue weighted by molar-refractivity contribution is 5.89. The normalized spacial score (nSPS) is 20.4. The van der Waals surface area contributed by atoms with Crippen LogP contribution in [0.5, 0.6) is 0 Å². The van der Waals surface area contributed by atoms with Gasteiger partial charge in [0, 0.05) is 6.42 Å². The van der Waals surface area contributed by atoms with E-state index < -0.39 is 12.2 Å². The molecule has 1 aliphatic rings. The highest BCUT2D eigenvalue weighted by atomic mass is 16.6. The third-order valence-electron chi connectivity index (χ3n) is 6.94. The lowest BCUT2D eigenvalue weighted by molar-refractivity contribution is -0.153. The Kier molecular flexibility index (Phi) is 11.8. The van der Waals surface area contributed by atoms with Crippen LogP contribution in [0, 0.1) is 5.92 Å². The number of carbonyl (C=O) groups excluding carboxylic acids is 2. The van der Waals surface area contributed by atoms with Crippen LogP contribution >= 0.6 is 0 Å². The Labute approximate surface area is 195 Å². The summed E-state index contributed by atoms with van der Waals surface area (Å²) in [6.45, 7) is 7.91. The summed E-state index contributed by atoms with van der Waals surface area (Å²) >= 11 is 0. The molecule has 1 aromatic rings. The molecular formula is C28H44O4. The van der Waals surface area contributed by atoms with E-state index in [1.807, 2.05) is 12.1 Å². The van der Waals surface area contributed by atoms with Gasteiger partial charge >= 0.3 is 11.9 Å². The third-order valence-corrected chi connectivity index (χ3v) is 6.94. The number of rotatable bonds is 13. The molecule has 1 saturated carbocycles. The SMILES string of the molecule is CCCCCC(=O)OC(C)C(C)OC(=O)c1ccc([C@H]2CC[C@H](CCCCC)CC2)cc1. The molecule has 0 bridgehead atoms. The molecule has 2 rings (SSSR count). The van der Waals surface area contributed by atoms with Gasteiger partial charge in [-0.2, -0.15) is 0 Å². The highest BCUT2D eigenvalue weighted by Crippen LogP contribution is 2.37. The maximum absolute atomic E-state index is 12.5. The van der Waals surface area contributed by atoms with Gasteiger partial charge in [0.15, 0.2) is 0 Å². The first-order valence-electron chi connectivity index (χ1n) is 12.9. The van der Waals surface area contributed by atoms with Crippen molar-refractivity contribution in [3.8, 4) is 0 Å². The zero-order valence-corrected chi connectivity index (χ0v) is 20.7. The minimum Gasteiger partial charge on any atom is -0.459 e. The van der Waals surface area contributed by atoms with Crippen molar-refractivity contribution in [1.29, 1.82) is 0 Å². The van der Waals surface area contributed by atoms with Gasteiger partial charge in [0.2, 0.25) is 0 Å². The molecule has 1 fully saturated rings. The summed E-state index contributed by atoms with van der Waals surface area (Å²) in [5.41, 5.74) is 1.88. The van der Waals surface area contributed by atoms with Crippen LogP contribution < -0.4 is 0 Å². The van der Waals surface area contributed by atoms with Crippen molar-refractivity contribution in [2.45, 2.75) is 123 Å². The molecule has 180 valence electrons. The van der Waals surface area contributed by atoms with Gasteiger partial charge in [0.05, 0.1) is 5.56 Å². The monoisotopic (exact) mass is 444 g/mol. The van der Waals surface area contributed by atoms with Crippen molar-refractivity contribution in [1.82, 2.24) is 0 Å². The van der Waals surface area contributed by atoms with E-state index in [9.17, 15) is 9.59 Å². The fraction of sp³-hybridized carbons (Fsp3) is 0.714. The standard InChI is InChI=1S/C28H44O4/c1-5-7-9-11-23-13-15-24(16-14-23)25-17-19-26(20-18-25)28(30)32-22(4)21(3)31-27(29)12-10-8-6-2/h17-24H,5-16H2,1-4H3/t21?,22?,23-,24-. The molecule has 4 nitrogen and oxygen atoms in total. The molecule has 4 heteroatoms. The van der Waals surface area contributed by atoms with Crippen LogP contribution in [0.25, 0.3) is 0 Å². The van der Waals surface area contributed by atoms with Crippen molar-refractivity contribution in [3.05, 3.63) is 35.4 Å². The second-order valence-corrected chi connectivity index (χ2v) is 9.60. The molecular weight excluding hydrogens is 400 g/mol. The van der Waals surface area contributed by atoms with Gasteiger partial charge in [0.1, 0.15) is 12.2 Å². The van der Waals surface area contributed by atoms with E-state index >= 15 is 0 Å². The van der Waals surface area contributed by atoms with E-state index in [1.165, 1.54) is 56.9 Å². The lowest BCUT2D eigenvalue weighted by Crippen LogP contribution is -2.30. The molecule has 1 aromatic carbocycles. The van der Waals surface area contributed by atoms with Gasteiger partial charge < -0.3 is 9.47 Å². The highest BCUT2D eigenvalue weighted by Gasteiger charge is 2.24.